The molecule has 2 fully saturated rings. The van der Waals surface area contributed by atoms with E-state index in [9.17, 15) is 24.3 Å². The molecule has 186 valence electrons. The maximum atomic E-state index is 13.3. The molecule has 0 aliphatic carbocycles. The lowest BCUT2D eigenvalue weighted by Gasteiger charge is -2.54. The molecule has 3 rings (SSSR count). The minimum Gasteiger partial charge on any atom is -0.497 e. The largest absolute Gasteiger partial charge is 0.497 e. The van der Waals surface area contributed by atoms with E-state index in [1.54, 1.807) is 36.2 Å². The third-order valence-electron chi connectivity index (χ3n) is 5.97. The first kappa shape index (κ1) is 25.3. The molecule has 2 N–H and O–H groups in total. The van der Waals surface area contributed by atoms with Gasteiger partial charge in [0, 0.05) is 26.6 Å². The molecule has 0 aromatic heterocycles. The van der Waals surface area contributed by atoms with Crippen LogP contribution in [0.2, 0.25) is 0 Å². The summed E-state index contributed by atoms with van der Waals surface area (Å²) in [6.07, 6.45) is -0.977. The average molecular weight is 476 g/mol. The number of likely N-dealkylation sites (N-methyl/N-ethyl adjacent to an activating group) is 1. The first-order chi connectivity index (χ1) is 16.1. The van der Waals surface area contributed by atoms with Gasteiger partial charge in [0.25, 0.3) is 0 Å². The third-order valence-corrected chi connectivity index (χ3v) is 5.97. The lowest BCUT2D eigenvalue weighted by atomic mass is 10.0. The molecule has 11 nitrogen and oxygen atoms in total. The number of hydrazine groups is 1. The van der Waals surface area contributed by atoms with Crippen molar-refractivity contribution < 1.29 is 29.0 Å². The van der Waals surface area contributed by atoms with Crippen molar-refractivity contribution in [2.24, 2.45) is 5.92 Å². The standard InChI is InChI=1S/C23H33N5O6/c1-15(2)12-26-13-19-27(18(22(26)32)9-10-21(30)31)20(29)14-25(3)28(19)23(33)24-11-16-5-7-17(34-4)8-6-16/h5-8,15,18-19H,9-14H2,1-4H3,(H,24,33)(H,30,31)/t18-,19-/m0/s1. The van der Waals surface area contributed by atoms with Crippen LogP contribution in [0.3, 0.4) is 0 Å². The Bertz CT molecular complexity index is 921. The van der Waals surface area contributed by atoms with Gasteiger partial charge in [-0.1, -0.05) is 26.0 Å². The minimum atomic E-state index is -1.04. The van der Waals surface area contributed by atoms with E-state index < -0.39 is 24.2 Å². The van der Waals surface area contributed by atoms with E-state index >= 15 is 0 Å². The Morgan fingerprint density at radius 2 is 1.88 bits per heavy atom. The van der Waals surface area contributed by atoms with E-state index in [0.29, 0.717) is 12.3 Å². The first-order valence-electron chi connectivity index (χ1n) is 11.3. The van der Waals surface area contributed by atoms with Gasteiger partial charge in [-0.15, -0.1) is 0 Å². The fourth-order valence-corrected chi connectivity index (χ4v) is 4.45. The second-order valence-corrected chi connectivity index (χ2v) is 9.03. The molecule has 0 saturated carbocycles. The quantitative estimate of drug-likeness (QED) is 0.574. The lowest BCUT2D eigenvalue weighted by molar-refractivity contribution is -0.188. The minimum absolute atomic E-state index is 0.00394. The van der Waals surface area contributed by atoms with Crippen molar-refractivity contribution in [1.29, 1.82) is 0 Å². The number of rotatable bonds is 8. The maximum Gasteiger partial charge on any atom is 0.334 e. The number of methoxy groups -OCH3 is 1. The normalized spacial score (nSPS) is 21.0. The van der Waals surface area contributed by atoms with Crippen LogP contribution in [0.1, 0.15) is 32.3 Å². The zero-order valence-electron chi connectivity index (χ0n) is 20.1. The number of aliphatic carboxylic acids is 1. The highest BCUT2D eigenvalue weighted by atomic mass is 16.5. The summed E-state index contributed by atoms with van der Waals surface area (Å²) in [6.45, 7) is 4.74. The number of carboxylic acid groups (broad SMARTS) is 1. The molecular weight excluding hydrogens is 442 g/mol. The summed E-state index contributed by atoms with van der Waals surface area (Å²) < 4.78 is 5.16. The van der Waals surface area contributed by atoms with Crippen LogP contribution in [0.4, 0.5) is 4.79 Å². The molecule has 2 atom stereocenters. The number of amides is 4. The van der Waals surface area contributed by atoms with Gasteiger partial charge < -0.3 is 25.0 Å². The summed E-state index contributed by atoms with van der Waals surface area (Å²) in [7, 11) is 3.23. The summed E-state index contributed by atoms with van der Waals surface area (Å²) in [5.74, 6) is -0.738. The van der Waals surface area contributed by atoms with Crippen LogP contribution in [0.25, 0.3) is 0 Å². The van der Waals surface area contributed by atoms with Gasteiger partial charge in [-0.25, -0.2) is 14.8 Å². The topological polar surface area (TPSA) is 123 Å². The zero-order chi connectivity index (χ0) is 25.0. The van der Waals surface area contributed by atoms with E-state index in [4.69, 9.17) is 4.74 Å². The number of hydrogen-bond donors (Lipinski definition) is 2. The van der Waals surface area contributed by atoms with Crippen LogP contribution < -0.4 is 10.1 Å². The SMILES string of the molecule is COc1ccc(CNC(=O)N2[C@H]3CN(CC(C)C)C(=O)[C@H](CCC(=O)O)N3C(=O)CN2C)cc1. The highest BCUT2D eigenvalue weighted by Crippen LogP contribution is 2.28. The monoisotopic (exact) mass is 475 g/mol. The van der Waals surface area contributed by atoms with E-state index in [-0.39, 0.29) is 50.2 Å². The number of benzene rings is 1. The molecule has 2 saturated heterocycles. The van der Waals surface area contributed by atoms with Crippen LogP contribution in [0.15, 0.2) is 24.3 Å². The van der Waals surface area contributed by atoms with Gasteiger partial charge in [-0.05, 0) is 30.0 Å². The van der Waals surface area contributed by atoms with E-state index in [1.807, 2.05) is 26.0 Å². The van der Waals surface area contributed by atoms with Gasteiger partial charge in [0.05, 0.1) is 20.2 Å². The molecule has 1 aromatic carbocycles. The van der Waals surface area contributed by atoms with Crippen LogP contribution >= 0.6 is 0 Å². The van der Waals surface area contributed by atoms with Crippen molar-refractivity contribution in [2.45, 2.75) is 45.4 Å². The summed E-state index contributed by atoms with van der Waals surface area (Å²) in [4.78, 5) is 53.7. The summed E-state index contributed by atoms with van der Waals surface area (Å²) in [6, 6.07) is 5.97. The van der Waals surface area contributed by atoms with E-state index in [0.717, 1.165) is 5.56 Å². The van der Waals surface area contributed by atoms with Crippen LogP contribution in [0.5, 0.6) is 5.75 Å². The maximum absolute atomic E-state index is 13.3. The van der Waals surface area contributed by atoms with Gasteiger partial charge in [-0.2, -0.15) is 0 Å². The molecule has 0 radical (unpaired) electrons. The number of carbonyl (C=O) groups excluding carboxylic acids is 3. The van der Waals surface area contributed by atoms with Crippen molar-refractivity contribution in [2.75, 3.05) is 33.8 Å². The number of piperazine rings is 1. The highest BCUT2D eigenvalue weighted by Gasteiger charge is 2.50. The fourth-order valence-electron chi connectivity index (χ4n) is 4.45. The zero-order valence-corrected chi connectivity index (χ0v) is 20.1. The number of ether oxygens (including phenoxy) is 1. The van der Waals surface area contributed by atoms with Crippen molar-refractivity contribution in [3.05, 3.63) is 29.8 Å². The molecule has 0 unspecified atom stereocenters. The van der Waals surface area contributed by atoms with E-state index in [1.165, 1.54) is 9.91 Å². The number of nitrogens with one attached hydrogen (secondary N) is 1. The first-order valence-corrected chi connectivity index (χ1v) is 11.3. The number of nitrogens with zero attached hydrogens (tertiary/aromatic N) is 4. The number of carboxylic acids is 1. The molecular formula is C23H33N5O6. The smallest absolute Gasteiger partial charge is 0.334 e. The molecule has 2 aliphatic rings. The Balaban J connectivity index is 1.83. The summed E-state index contributed by atoms with van der Waals surface area (Å²) in [5.41, 5.74) is 0.876. The molecule has 34 heavy (non-hydrogen) atoms. The predicted octanol–water partition coefficient (Wildman–Crippen LogP) is 0.954. The summed E-state index contributed by atoms with van der Waals surface area (Å²) in [5, 5.41) is 15.1. The molecule has 4 amide bonds. The van der Waals surface area contributed by atoms with Crippen molar-refractivity contribution >= 4 is 23.8 Å². The Labute approximate surface area is 199 Å². The molecule has 1 aromatic rings. The number of hydrogen-bond acceptors (Lipinski definition) is 6. The molecule has 2 aliphatic heterocycles. The molecule has 2 heterocycles. The van der Waals surface area contributed by atoms with Gasteiger partial charge in [0.15, 0.2) is 0 Å². The number of urea groups is 1. The third kappa shape index (κ3) is 5.58. The average Bonchev–Trinajstić information content (AvgIpc) is 2.77. The Hall–Kier alpha value is -3.34. The van der Waals surface area contributed by atoms with Gasteiger partial charge in [-0.3, -0.25) is 14.4 Å². The van der Waals surface area contributed by atoms with Gasteiger partial charge in [0.1, 0.15) is 18.0 Å². The van der Waals surface area contributed by atoms with Crippen LogP contribution in [-0.4, -0.2) is 94.7 Å². The number of fused-ring (bicyclic) bond motifs is 1. The van der Waals surface area contributed by atoms with Crippen molar-refractivity contribution in [1.82, 2.24) is 25.1 Å². The Kier molecular flexibility index (Phi) is 7.98. The summed E-state index contributed by atoms with van der Waals surface area (Å²) >= 11 is 0. The van der Waals surface area contributed by atoms with Crippen LogP contribution in [-0.2, 0) is 20.9 Å². The van der Waals surface area contributed by atoms with Crippen molar-refractivity contribution in [3.8, 4) is 5.75 Å². The lowest BCUT2D eigenvalue weighted by Crippen LogP contribution is -2.76. The second kappa shape index (κ2) is 10.7. The van der Waals surface area contributed by atoms with Crippen LogP contribution in [0, 0.1) is 5.92 Å². The molecule has 11 heteroatoms. The predicted molar refractivity (Wildman–Crippen MR) is 122 cm³/mol. The highest BCUT2D eigenvalue weighted by molar-refractivity contribution is 5.91. The second-order valence-electron chi connectivity index (χ2n) is 9.03. The van der Waals surface area contributed by atoms with E-state index in [2.05, 4.69) is 5.32 Å². The van der Waals surface area contributed by atoms with Crippen molar-refractivity contribution in [3.63, 3.8) is 0 Å². The number of carbonyl (C=O) groups is 4. The Morgan fingerprint density at radius 1 is 1.21 bits per heavy atom. The van der Waals surface area contributed by atoms with Gasteiger partial charge in [0.2, 0.25) is 11.8 Å². The molecule has 0 spiro atoms. The fraction of sp³-hybridized carbons (Fsp3) is 0.565. The Morgan fingerprint density at radius 3 is 2.47 bits per heavy atom. The molecule has 0 bridgehead atoms. The van der Waals surface area contributed by atoms with Gasteiger partial charge >= 0.3 is 12.0 Å².